The van der Waals surface area contributed by atoms with Crippen molar-refractivity contribution in [1.82, 2.24) is 0 Å². The van der Waals surface area contributed by atoms with Crippen LogP contribution >= 0.6 is 0 Å². The van der Waals surface area contributed by atoms with Crippen molar-refractivity contribution in [3.63, 3.8) is 0 Å². The molecule has 22 nitrogen and oxygen atoms in total. The Hall–Kier alpha value is -0.880. The number of hydrogen-bond donors (Lipinski definition) is 13. The lowest BCUT2D eigenvalue weighted by atomic mass is 9.88. The Labute approximate surface area is 322 Å². The monoisotopic (exact) mass is 820 g/mol. The van der Waals surface area contributed by atoms with E-state index < -0.39 is 180 Å². The van der Waals surface area contributed by atoms with E-state index in [1.807, 2.05) is 0 Å². The summed E-state index contributed by atoms with van der Waals surface area (Å²) < 4.78 is 52.6. The van der Waals surface area contributed by atoms with Crippen molar-refractivity contribution >= 4 is 0 Å². The van der Waals surface area contributed by atoms with Gasteiger partial charge in [-0.1, -0.05) is 20.8 Å². The molecule has 5 aliphatic heterocycles. The fourth-order valence-electron chi connectivity index (χ4n) is 7.75. The van der Waals surface area contributed by atoms with Gasteiger partial charge in [-0.2, -0.15) is 0 Å². The van der Waals surface area contributed by atoms with Gasteiger partial charge in [0.1, 0.15) is 85.5 Å². The highest BCUT2D eigenvalue weighted by atomic mass is 16.8. The molecule has 22 heteroatoms. The third-order valence-corrected chi connectivity index (χ3v) is 11.7. The summed E-state index contributed by atoms with van der Waals surface area (Å²) in [6.07, 6.45) is -32.4. The van der Waals surface area contributed by atoms with E-state index in [-0.39, 0.29) is 5.92 Å². The van der Waals surface area contributed by atoms with Gasteiger partial charge in [0.05, 0.1) is 57.5 Å². The maximum atomic E-state index is 11.5. The predicted molar refractivity (Wildman–Crippen MR) is 179 cm³/mol. The van der Waals surface area contributed by atoms with Crippen LogP contribution in [0.3, 0.4) is 0 Å². The summed E-state index contributed by atoms with van der Waals surface area (Å²) in [5.74, 6) is -2.30. The Morgan fingerprint density at radius 2 is 0.696 bits per heavy atom. The van der Waals surface area contributed by atoms with Gasteiger partial charge in [-0.3, -0.25) is 0 Å². The smallest absolute Gasteiger partial charge is 0.187 e. The third kappa shape index (κ3) is 9.22. The van der Waals surface area contributed by atoms with Crippen molar-refractivity contribution < 1.29 is 109 Å². The Kier molecular flexibility index (Phi) is 16.2. The van der Waals surface area contributed by atoms with E-state index in [9.17, 15) is 66.4 Å². The lowest BCUT2D eigenvalue weighted by Crippen LogP contribution is -2.67. The minimum Gasteiger partial charge on any atom is -0.394 e. The minimum atomic E-state index is -1.98. The lowest BCUT2D eigenvalue weighted by molar-refractivity contribution is -0.394. The summed E-state index contributed by atoms with van der Waals surface area (Å²) in [5, 5.41) is 138. The number of aliphatic hydroxyl groups is 13. The van der Waals surface area contributed by atoms with Gasteiger partial charge in [0.25, 0.3) is 0 Å². The fraction of sp³-hybridized carbons (Fsp3) is 1.00. The van der Waals surface area contributed by atoms with E-state index in [1.165, 1.54) is 13.8 Å². The molecule has 5 fully saturated rings. The van der Waals surface area contributed by atoms with E-state index in [0.717, 1.165) is 0 Å². The topological polar surface area (TPSA) is 346 Å². The van der Waals surface area contributed by atoms with Gasteiger partial charge >= 0.3 is 0 Å². The van der Waals surface area contributed by atoms with Crippen LogP contribution in [-0.4, -0.2) is 234 Å². The molecule has 5 aliphatic rings. The van der Waals surface area contributed by atoms with Gasteiger partial charge in [-0.25, -0.2) is 0 Å². The van der Waals surface area contributed by atoms with Crippen LogP contribution in [0, 0.1) is 17.8 Å². The van der Waals surface area contributed by atoms with E-state index in [0.29, 0.717) is 0 Å². The molecular weight excluding hydrogens is 760 g/mol. The molecular formula is C34H60O22. The van der Waals surface area contributed by atoms with E-state index >= 15 is 0 Å². The fourth-order valence-corrected chi connectivity index (χ4v) is 7.75. The predicted octanol–water partition coefficient (Wildman–Crippen LogP) is -7.03. The molecule has 56 heavy (non-hydrogen) atoms. The summed E-state index contributed by atoms with van der Waals surface area (Å²) in [5.41, 5.74) is 0. The van der Waals surface area contributed by atoms with Crippen LogP contribution in [0.25, 0.3) is 0 Å². The molecule has 5 saturated heterocycles. The minimum absolute atomic E-state index is 0.389. The molecule has 0 aromatic heterocycles. The summed E-state index contributed by atoms with van der Waals surface area (Å²) in [6, 6.07) is 0. The molecule has 328 valence electrons. The average molecular weight is 821 g/mol. The van der Waals surface area contributed by atoms with Gasteiger partial charge < -0.3 is 109 Å². The van der Waals surface area contributed by atoms with Crippen molar-refractivity contribution in [2.45, 2.75) is 163 Å². The molecule has 5 rings (SSSR count). The zero-order valence-corrected chi connectivity index (χ0v) is 31.5. The molecule has 5 heterocycles. The van der Waals surface area contributed by atoms with Crippen LogP contribution < -0.4 is 0 Å². The van der Waals surface area contributed by atoms with Gasteiger partial charge in [-0.15, -0.1) is 0 Å². The van der Waals surface area contributed by atoms with Gasteiger partial charge in [0.2, 0.25) is 0 Å². The first-order chi connectivity index (χ1) is 26.5. The maximum absolute atomic E-state index is 11.5. The lowest BCUT2D eigenvalue weighted by Gasteiger charge is -2.50. The van der Waals surface area contributed by atoms with Gasteiger partial charge in [0, 0.05) is 17.8 Å². The summed E-state index contributed by atoms with van der Waals surface area (Å²) in [6.45, 7) is 2.78. The number of hydrogen-bond acceptors (Lipinski definition) is 22. The van der Waals surface area contributed by atoms with Crippen molar-refractivity contribution in [2.75, 3.05) is 33.0 Å². The highest BCUT2D eigenvalue weighted by molar-refractivity contribution is 4.98. The molecule has 0 radical (unpaired) electrons. The molecule has 0 spiro atoms. The van der Waals surface area contributed by atoms with Crippen LogP contribution in [0.1, 0.15) is 27.7 Å². The molecule has 0 aromatic carbocycles. The molecule has 0 aliphatic carbocycles. The Bertz CT molecular complexity index is 1200. The molecule has 0 amide bonds. The SMILES string of the molecule is C[C@@H]1OC(CO)[C@@H](O[C@@H]2OC(CO)[C@@H](O[C@@H]3OC(CO)[C@@H](O)C(O[C@H]4O[C@H](CO)[C@@H](O)C(O)C4O[C@@H]4OC(CO)[C@@H](O)C(O)[C@@H]4C)C3O)C(O)[C@@H]2C)C(O)[C@@H]1C. The summed E-state index contributed by atoms with van der Waals surface area (Å²) in [4.78, 5) is 0. The Morgan fingerprint density at radius 1 is 0.321 bits per heavy atom. The zero-order chi connectivity index (χ0) is 41.3. The second kappa shape index (κ2) is 19.7. The van der Waals surface area contributed by atoms with Crippen LogP contribution in [0.2, 0.25) is 0 Å². The van der Waals surface area contributed by atoms with Gasteiger partial charge in [0.15, 0.2) is 25.2 Å². The number of ether oxygens (including phenoxy) is 9. The van der Waals surface area contributed by atoms with Crippen LogP contribution in [0.5, 0.6) is 0 Å². The highest BCUT2D eigenvalue weighted by Crippen LogP contribution is 2.38. The molecule has 0 saturated carbocycles. The quantitative estimate of drug-likeness (QED) is 0.0821. The second-order valence-electron chi connectivity index (χ2n) is 15.4. The van der Waals surface area contributed by atoms with E-state index in [2.05, 4.69) is 0 Å². The van der Waals surface area contributed by atoms with Crippen molar-refractivity contribution in [1.29, 1.82) is 0 Å². The van der Waals surface area contributed by atoms with Crippen molar-refractivity contribution in [2.24, 2.45) is 17.8 Å². The van der Waals surface area contributed by atoms with Crippen molar-refractivity contribution in [3.05, 3.63) is 0 Å². The van der Waals surface area contributed by atoms with Crippen molar-refractivity contribution in [3.8, 4) is 0 Å². The summed E-state index contributed by atoms with van der Waals surface area (Å²) in [7, 11) is 0. The van der Waals surface area contributed by atoms with Crippen LogP contribution in [0.15, 0.2) is 0 Å². The molecule has 25 atom stereocenters. The van der Waals surface area contributed by atoms with Crippen LogP contribution in [-0.2, 0) is 42.6 Å². The normalized spacial score (nSPS) is 53.2. The largest absolute Gasteiger partial charge is 0.394 e. The first-order valence-electron chi connectivity index (χ1n) is 18.9. The van der Waals surface area contributed by atoms with Crippen LogP contribution in [0.4, 0.5) is 0 Å². The highest BCUT2D eigenvalue weighted by Gasteiger charge is 2.56. The maximum Gasteiger partial charge on any atom is 0.187 e. The molecule has 0 aromatic rings. The average Bonchev–Trinajstić information content (AvgIpc) is 3.19. The standard InChI is InChI=1S/C34H60O22/c1-10-13(4)48-17(8-38)27(20(10)41)53-32-12(3)21(42)28(18(9-39)52-32)54-33-26(47)29(24(45)16(7-37)50-33)55-34-30(25(46)23(44)15(6-36)51-34)56-31-11(2)19(40)22(43)14(5-35)49-31/h10-47H,5-9H2,1-4H3/t10-,11+,12+,13+,14?,15-,16?,17?,18?,19?,20?,21?,22-,23-,24-,25?,26?,27-,28-,29?,30?,31+,32+,33+,34-/m1/s1. The Morgan fingerprint density at radius 3 is 1.25 bits per heavy atom. The third-order valence-electron chi connectivity index (χ3n) is 11.7. The molecule has 11 unspecified atom stereocenters. The molecule has 0 bridgehead atoms. The zero-order valence-electron chi connectivity index (χ0n) is 31.5. The second-order valence-corrected chi connectivity index (χ2v) is 15.4. The number of aliphatic hydroxyl groups excluding tert-OH is 13. The Balaban J connectivity index is 1.33. The summed E-state index contributed by atoms with van der Waals surface area (Å²) >= 11 is 0. The molecule has 13 N–H and O–H groups in total. The first kappa shape index (κ1) is 46.2. The first-order valence-corrected chi connectivity index (χ1v) is 18.9. The van der Waals surface area contributed by atoms with E-state index in [4.69, 9.17) is 42.6 Å². The number of rotatable bonds is 13. The van der Waals surface area contributed by atoms with Gasteiger partial charge in [-0.05, 0) is 6.92 Å². The van der Waals surface area contributed by atoms with E-state index in [1.54, 1.807) is 13.8 Å².